The van der Waals surface area contributed by atoms with E-state index in [4.69, 9.17) is 19.9 Å². The van der Waals surface area contributed by atoms with Crippen molar-refractivity contribution >= 4 is 28.1 Å². The Balaban J connectivity index is 0.000000947. The number of methoxy groups -OCH3 is 2. The summed E-state index contributed by atoms with van der Waals surface area (Å²) in [6.45, 7) is 30.9. The van der Waals surface area contributed by atoms with E-state index < -0.39 is 16.5 Å². The zero-order chi connectivity index (χ0) is 38.9. The summed E-state index contributed by atoms with van der Waals surface area (Å²) in [6.07, 6.45) is 0.884. The number of nitrogens with zero attached hydrogens (tertiary/aromatic N) is 4. The van der Waals surface area contributed by atoms with Gasteiger partial charge in [0.25, 0.3) is 0 Å². The van der Waals surface area contributed by atoms with Crippen molar-refractivity contribution < 1.29 is 55.4 Å². The monoisotopic (exact) mass is 873 g/mol. The van der Waals surface area contributed by atoms with E-state index in [2.05, 4.69) is 121 Å². The van der Waals surface area contributed by atoms with Gasteiger partial charge in [0.2, 0.25) is 0 Å². The first-order chi connectivity index (χ1) is 23.6. The molecule has 3 rings (SSSR count). The standard InChI is InChI=1S/C23H34N4Si2.C15H24O.C4H10O2.Nd/c1-28(2,3)26-22(20-14-9-7-10-15-20)24-18-13-19-25-23(27-29(4,5)6)21-16-11-8-12-17-21;1-10-8-11(14(2,3)4)13(16)12(9-10)15(5,6)7;1-5-3-4-6-2;/h7-12,14-17H,13,18-19H2,1-6H3;8-9,16H,1-7H3;3-4H2,1-2H3;/q-2;;;+3/p-1. The Morgan fingerprint density at radius 1 is 0.635 bits per heavy atom. The third-order valence-corrected chi connectivity index (χ3v) is 8.89. The molecule has 285 valence electrons. The predicted octanol–water partition coefficient (Wildman–Crippen LogP) is 10.6. The van der Waals surface area contributed by atoms with Crippen molar-refractivity contribution in [3.05, 3.63) is 111 Å². The van der Waals surface area contributed by atoms with Crippen LogP contribution in [-0.2, 0) is 20.3 Å². The van der Waals surface area contributed by atoms with E-state index in [1.807, 2.05) is 48.5 Å². The number of aryl methyl sites for hydroxylation is 1. The molecule has 1 radical (unpaired) electrons. The minimum absolute atomic E-state index is 0. The first-order valence-corrected chi connectivity index (χ1v) is 24.9. The van der Waals surface area contributed by atoms with Gasteiger partial charge in [0.05, 0.1) is 13.2 Å². The van der Waals surface area contributed by atoms with Gasteiger partial charge in [0, 0.05) is 30.7 Å². The van der Waals surface area contributed by atoms with Crippen molar-refractivity contribution in [3.8, 4) is 5.75 Å². The van der Waals surface area contributed by atoms with E-state index in [0.717, 1.165) is 53.4 Å². The Kier molecular flexibility index (Phi) is 22.9. The molecular formula is C42H67N4NdO3Si2. The number of aliphatic imine (C=N–C) groups is 2. The molecule has 0 saturated carbocycles. The van der Waals surface area contributed by atoms with Gasteiger partial charge in [0.1, 0.15) is 0 Å². The van der Waals surface area contributed by atoms with Crippen LogP contribution in [0.1, 0.15) is 75.8 Å². The maximum absolute atomic E-state index is 12.4. The number of hydrogen-bond acceptors (Lipinski definition) is 5. The van der Waals surface area contributed by atoms with E-state index in [0.29, 0.717) is 13.2 Å². The minimum Gasteiger partial charge on any atom is -0.872 e. The number of amidine groups is 2. The van der Waals surface area contributed by atoms with Crippen LogP contribution in [0.15, 0.2) is 82.8 Å². The fourth-order valence-corrected chi connectivity index (χ4v) is 6.36. The quantitative estimate of drug-likeness (QED) is 0.0831. The van der Waals surface area contributed by atoms with Crippen LogP contribution in [0, 0.1) is 47.8 Å². The third-order valence-electron chi connectivity index (χ3n) is 7.13. The molecule has 0 aliphatic heterocycles. The second-order valence-electron chi connectivity index (χ2n) is 16.7. The van der Waals surface area contributed by atoms with Gasteiger partial charge in [0.15, 0.2) is 0 Å². The zero-order valence-corrected chi connectivity index (χ0v) is 40.2. The van der Waals surface area contributed by atoms with Crippen molar-refractivity contribution in [3.63, 3.8) is 0 Å². The van der Waals surface area contributed by atoms with Crippen LogP contribution in [0.2, 0.25) is 39.3 Å². The molecule has 3 aromatic carbocycles. The van der Waals surface area contributed by atoms with Crippen LogP contribution in [0.3, 0.4) is 0 Å². The Labute approximate surface area is 352 Å². The van der Waals surface area contributed by atoms with Crippen LogP contribution in [0.4, 0.5) is 0 Å². The molecule has 0 saturated heterocycles. The Bertz CT molecular complexity index is 1380. The molecule has 0 unspecified atom stereocenters. The molecule has 0 heterocycles. The summed E-state index contributed by atoms with van der Waals surface area (Å²) in [6, 6.07) is 24.6. The van der Waals surface area contributed by atoms with Gasteiger partial charge in [-0.25, -0.2) is 0 Å². The van der Waals surface area contributed by atoms with Crippen molar-refractivity contribution in [2.45, 2.75) is 105 Å². The molecule has 0 bridgehead atoms. The van der Waals surface area contributed by atoms with Crippen molar-refractivity contribution in [2.75, 3.05) is 40.5 Å². The molecule has 0 spiro atoms. The average Bonchev–Trinajstić information content (AvgIpc) is 3.02. The van der Waals surface area contributed by atoms with Gasteiger partial charge < -0.3 is 34.5 Å². The summed E-state index contributed by atoms with van der Waals surface area (Å²) in [5.41, 5.74) is 5.06. The maximum Gasteiger partial charge on any atom is 3.00 e. The summed E-state index contributed by atoms with van der Waals surface area (Å²) in [5, 5.41) is 12.4. The summed E-state index contributed by atoms with van der Waals surface area (Å²) < 4.78 is 9.31. The fourth-order valence-electron chi connectivity index (χ4n) is 4.69. The van der Waals surface area contributed by atoms with Gasteiger partial charge in [-0.3, -0.25) is 0 Å². The molecule has 0 aliphatic carbocycles. The van der Waals surface area contributed by atoms with E-state index >= 15 is 0 Å². The number of rotatable bonds is 11. The molecule has 0 amide bonds. The largest absolute Gasteiger partial charge is 3.00 e. The molecule has 52 heavy (non-hydrogen) atoms. The second-order valence-corrected chi connectivity index (χ2v) is 25.9. The summed E-state index contributed by atoms with van der Waals surface area (Å²) in [4.78, 5) is 19.5. The Hall–Kier alpha value is -1.90. The average molecular weight is 876 g/mol. The third kappa shape index (κ3) is 21.1. The Morgan fingerprint density at radius 2 is 0.962 bits per heavy atom. The van der Waals surface area contributed by atoms with Crippen LogP contribution < -0.4 is 5.11 Å². The number of ether oxygens (including phenoxy) is 2. The van der Waals surface area contributed by atoms with Crippen molar-refractivity contribution in [2.24, 2.45) is 9.98 Å². The molecule has 7 nitrogen and oxygen atoms in total. The first-order valence-electron chi connectivity index (χ1n) is 18.0. The SMILES string of the molecule is COCCOC.C[Si](C)(C)[N-]C(=NCCCN=C([N-][Si](C)(C)C)c1ccccc1)c1ccccc1.Cc1cc(C(C)(C)C)c([O-])c(C(C)(C)C)c1.[Nd+3]. The topological polar surface area (TPSA) is 94.4 Å². The molecule has 0 N–H and O–H groups in total. The summed E-state index contributed by atoms with van der Waals surface area (Å²) in [7, 11) is 0.0954. The summed E-state index contributed by atoms with van der Waals surface area (Å²) >= 11 is 0. The Morgan fingerprint density at radius 3 is 1.23 bits per heavy atom. The van der Waals surface area contributed by atoms with Crippen LogP contribution >= 0.6 is 0 Å². The summed E-state index contributed by atoms with van der Waals surface area (Å²) in [5.74, 6) is 1.97. The van der Waals surface area contributed by atoms with E-state index in [9.17, 15) is 5.11 Å². The first kappa shape index (κ1) is 50.1. The molecule has 0 fully saturated rings. The molecule has 3 aromatic rings. The van der Waals surface area contributed by atoms with Crippen molar-refractivity contribution in [1.82, 2.24) is 0 Å². The number of hydrogen-bond donors (Lipinski definition) is 0. The van der Waals surface area contributed by atoms with Gasteiger partial charge >= 0.3 is 40.8 Å². The predicted molar refractivity (Wildman–Crippen MR) is 225 cm³/mol. The normalized spacial score (nSPS) is 12.4. The van der Waals surface area contributed by atoms with E-state index in [-0.39, 0.29) is 57.4 Å². The van der Waals surface area contributed by atoms with Gasteiger partial charge in [-0.2, -0.15) is 0 Å². The van der Waals surface area contributed by atoms with E-state index in [1.54, 1.807) is 14.2 Å². The smallest absolute Gasteiger partial charge is 0.872 e. The molecule has 10 heteroatoms. The van der Waals surface area contributed by atoms with Crippen LogP contribution in [0.25, 0.3) is 9.96 Å². The van der Waals surface area contributed by atoms with Gasteiger partial charge in [-0.15, -0.1) is 5.75 Å². The second kappa shape index (κ2) is 23.8. The van der Waals surface area contributed by atoms with Crippen LogP contribution in [0.5, 0.6) is 5.75 Å². The molecule has 0 atom stereocenters. The van der Waals surface area contributed by atoms with Crippen LogP contribution in [-0.4, -0.2) is 68.7 Å². The zero-order valence-electron chi connectivity index (χ0n) is 35.0. The molecule has 0 aromatic heterocycles. The molecule has 0 aliphatic rings. The van der Waals surface area contributed by atoms with Gasteiger partial charge in [-0.05, 0) is 40.0 Å². The fraction of sp³-hybridized carbons (Fsp3) is 0.524. The van der Waals surface area contributed by atoms with Crippen molar-refractivity contribution in [1.29, 1.82) is 0 Å². The number of benzene rings is 3. The molecular weight excluding hydrogens is 809 g/mol. The maximum atomic E-state index is 12.4. The van der Waals surface area contributed by atoms with E-state index in [1.165, 1.54) is 5.56 Å². The minimum atomic E-state index is -1.60. The van der Waals surface area contributed by atoms with Gasteiger partial charge in [-0.1, -0.05) is 190 Å².